The number of hydrogen-bond donors (Lipinski definition) is 2. The summed E-state index contributed by atoms with van der Waals surface area (Å²) < 4.78 is 19.6. The highest BCUT2D eigenvalue weighted by Gasteiger charge is 2.17. The number of fused-ring (bicyclic) bond motifs is 1. The lowest BCUT2D eigenvalue weighted by Crippen LogP contribution is -2.19. The van der Waals surface area contributed by atoms with E-state index in [1.165, 1.54) is 6.07 Å². The molecule has 1 aromatic heterocycles. The van der Waals surface area contributed by atoms with E-state index >= 15 is 0 Å². The largest absolute Gasteiger partial charge is 0.398 e. The van der Waals surface area contributed by atoms with Crippen molar-refractivity contribution in [1.82, 2.24) is 4.98 Å². The minimum atomic E-state index is -0.373. The highest BCUT2D eigenvalue weighted by atomic mass is 19.1. The van der Waals surface area contributed by atoms with Crippen LogP contribution in [0.4, 0.5) is 15.8 Å². The zero-order valence-electron chi connectivity index (χ0n) is 10.5. The van der Waals surface area contributed by atoms with Crippen LogP contribution in [0.5, 0.6) is 0 Å². The summed E-state index contributed by atoms with van der Waals surface area (Å²) in [5.41, 5.74) is 7.19. The van der Waals surface area contributed by atoms with Gasteiger partial charge in [-0.3, -0.25) is 4.98 Å². The highest BCUT2D eigenvalue weighted by Crippen LogP contribution is 2.29. The quantitative estimate of drug-likeness (QED) is 0.834. The first kappa shape index (κ1) is 12.2. The van der Waals surface area contributed by atoms with Crippen LogP contribution in [-0.4, -0.2) is 24.2 Å². The van der Waals surface area contributed by atoms with Crippen molar-refractivity contribution < 1.29 is 9.13 Å². The van der Waals surface area contributed by atoms with Crippen LogP contribution in [0.1, 0.15) is 12.8 Å². The van der Waals surface area contributed by atoms with Crippen molar-refractivity contribution >= 4 is 22.3 Å². The number of nitrogens with two attached hydrogens (primary N) is 1. The average Bonchev–Trinajstić information content (AvgIpc) is 2.92. The number of nitrogens with one attached hydrogen (secondary N) is 1. The molecule has 1 aliphatic heterocycles. The Morgan fingerprint density at radius 2 is 2.42 bits per heavy atom. The number of halogens is 1. The number of aromatic nitrogens is 1. The molecule has 0 saturated carbocycles. The van der Waals surface area contributed by atoms with Crippen molar-refractivity contribution in [2.24, 2.45) is 0 Å². The maximum absolute atomic E-state index is 14.0. The number of nitrogens with zero attached hydrogens (tertiary/aromatic N) is 1. The van der Waals surface area contributed by atoms with Crippen LogP contribution < -0.4 is 11.1 Å². The van der Waals surface area contributed by atoms with E-state index in [9.17, 15) is 4.39 Å². The first-order valence-electron chi connectivity index (χ1n) is 6.44. The number of anilines is 2. The van der Waals surface area contributed by atoms with Crippen LogP contribution in [0.2, 0.25) is 0 Å². The zero-order valence-corrected chi connectivity index (χ0v) is 10.5. The molecule has 2 aromatic rings. The normalized spacial score (nSPS) is 18.9. The summed E-state index contributed by atoms with van der Waals surface area (Å²) in [6.45, 7) is 1.38. The molecule has 1 aromatic carbocycles. The predicted octanol–water partition coefficient (Wildman–Crippen LogP) is 2.55. The van der Waals surface area contributed by atoms with E-state index in [0.29, 0.717) is 23.4 Å². The molecule has 0 aliphatic carbocycles. The van der Waals surface area contributed by atoms with Crippen LogP contribution in [0.15, 0.2) is 24.4 Å². The van der Waals surface area contributed by atoms with E-state index in [1.807, 2.05) is 6.07 Å². The molecule has 1 aliphatic rings. The van der Waals surface area contributed by atoms with Crippen molar-refractivity contribution in [1.29, 1.82) is 0 Å². The number of ether oxygens (including phenoxy) is 1. The molecular weight excluding hydrogens is 245 g/mol. The number of rotatable bonds is 3. The molecule has 1 saturated heterocycles. The van der Waals surface area contributed by atoms with Gasteiger partial charge in [0.2, 0.25) is 0 Å². The molecule has 1 atom stereocenters. The van der Waals surface area contributed by atoms with Gasteiger partial charge in [0.25, 0.3) is 0 Å². The number of pyridine rings is 1. The van der Waals surface area contributed by atoms with E-state index in [-0.39, 0.29) is 11.9 Å². The molecule has 1 unspecified atom stereocenters. The summed E-state index contributed by atoms with van der Waals surface area (Å²) in [6.07, 6.45) is 3.86. The number of benzene rings is 1. The van der Waals surface area contributed by atoms with Gasteiger partial charge >= 0.3 is 0 Å². The molecule has 0 spiro atoms. The van der Waals surface area contributed by atoms with Gasteiger partial charge in [0, 0.05) is 30.4 Å². The number of nitrogen functional groups attached to an aromatic ring is 1. The van der Waals surface area contributed by atoms with Crippen molar-refractivity contribution in [2.75, 3.05) is 24.2 Å². The highest BCUT2D eigenvalue weighted by molar-refractivity contribution is 5.98. The number of hydrogen-bond acceptors (Lipinski definition) is 4. The van der Waals surface area contributed by atoms with Gasteiger partial charge in [-0.1, -0.05) is 0 Å². The van der Waals surface area contributed by atoms with Crippen LogP contribution in [0, 0.1) is 5.82 Å². The topological polar surface area (TPSA) is 60.2 Å². The summed E-state index contributed by atoms with van der Waals surface area (Å²) in [5, 5.41) is 3.87. The Labute approximate surface area is 110 Å². The van der Waals surface area contributed by atoms with Crippen LogP contribution in [0.25, 0.3) is 10.9 Å². The predicted molar refractivity (Wildman–Crippen MR) is 73.6 cm³/mol. The van der Waals surface area contributed by atoms with E-state index in [4.69, 9.17) is 10.5 Å². The summed E-state index contributed by atoms with van der Waals surface area (Å²) in [5.74, 6) is -0.373. The smallest absolute Gasteiger partial charge is 0.150 e. The molecule has 100 valence electrons. The summed E-state index contributed by atoms with van der Waals surface area (Å²) in [4.78, 5) is 4.22. The fourth-order valence-corrected chi connectivity index (χ4v) is 2.43. The SMILES string of the molecule is Nc1cc(F)c(NCC2CCCO2)c2ncccc12. The lowest BCUT2D eigenvalue weighted by molar-refractivity contribution is 0.120. The third kappa shape index (κ3) is 2.33. The third-order valence-corrected chi connectivity index (χ3v) is 3.41. The molecule has 1 fully saturated rings. The molecule has 0 amide bonds. The Bertz CT molecular complexity index is 597. The standard InChI is InChI=1S/C14H16FN3O/c15-11-7-12(16)10-4-1-5-17-13(10)14(11)18-8-9-3-2-6-19-9/h1,4-5,7,9,18H,2-3,6,8,16H2. The Hall–Kier alpha value is -1.88. The molecule has 19 heavy (non-hydrogen) atoms. The van der Waals surface area contributed by atoms with E-state index < -0.39 is 0 Å². The van der Waals surface area contributed by atoms with Gasteiger partial charge in [-0.25, -0.2) is 4.39 Å². The second kappa shape index (κ2) is 5.01. The Kier molecular flexibility index (Phi) is 3.21. The maximum Gasteiger partial charge on any atom is 0.150 e. The van der Waals surface area contributed by atoms with Gasteiger partial charge in [-0.15, -0.1) is 0 Å². The lowest BCUT2D eigenvalue weighted by atomic mass is 10.1. The van der Waals surface area contributed by atoms with Gasteiger partial charge in [-0.05, 0) is 31.0 Å². The fraction of sp³-hybridized carbons (Fsp3) is 0.357. The zero-order chi connectivity index (χ0) is 13.2. The van der Waals surface area contributed by atoms with Gasteiger partial charge < -0.3 is 15.8 Å². The Morgan fingerprint density at radius 3 is 3.21 bits per heavy atom. The Morgan fingerprint density at radius 1 is 1.53 bits per heavy atom. The van der Waals surface area contributed by atoms with Crippen molar-refractivity contribution in [3.05, 3.63) is 30.2 Å². The molecule has 0 bridgehead atoms. The first-order valence-corrected chi connectivity index (χ1v) is 6.44. The van der Waals surface area contributed by atoms with Crippen molar-refractivity contribution in [2.45, 2.75) is 18.9 Å². The third-order valence-electron chi connectivity index (χ3n) is 3.41. The van der Waals surface area contributed by atoms with Gasteiger partial charge in [-0.2, -0.15) is 0 Å². The van der Waals surface area contributed by atoms with Gasteiger partial charge in [0.05, 0.1) is 17.3 Å². The molecule has 5 heteroatoms. The molecular formula is C14H16FN3O. The minimum absolute atomic E-state index is 0.149. The van der Waals surface area contributed by atoms with Crippen LogP contribution in [-0.2, 0) is 4.74 Å². The van der Waals surface area contributed by atoms with Gasteiger partial charge in [0.15, 0.2) is 5.82 Å². The van der Waals surface area contributed by atoms with E-state index in [0.717, 1.165) is 24.8 Å². The molecule has 4 nitrogen and oxygen atoms in total. The van der Waals surface area contributed by atoms with Crippen LogP contribution in [0.3, 0.4) is 0 Å². The first-order chi connectivity index (χ1) is 9.25. The fourth-order valence-electron chi connectivity index (χ4n) is 2.43. The van der Waals surface area contributed by atoms with Crippen molar-refractivity contribution in [3.8, 4) is 0 Å². The van der Waals surface area contributed by atoms with E-state index in [1.54, 1.807) is 12.3 Å². The minimum Gasteiger partial charge on any atom is -0.398 e. The average molecular weight is 261 g/mol. The van der Waals surface area contributed by atoms with Crippen LogP contribution >= 0.6 is 0 Å². The molecule has 2 heterocycles. The monoisotopic (exact) mass is 261 g/mol. The second-order valence-corrected chi connectivity index (χ2v) is 4.74. The summed E-state index contributed by atoms with van der Waals surface area (Å²) in [7, 11) is 0. The lowest BCUT2D eigenvalue weighted by Gasteiger charge is -2.14. The molecule has 3 N–H and O–H groups in total. The maximum atomic E-state index is 14.0. The summed E-state index contributed by atoms with van der Waals surface area (Å²) >= 11 is 0. The van der Waals surface area contributed by atoms with Crippen molar-refractivity contribution in [3.63, 3.8) is 0 Å². The second-order valence-electron chi connectivity index (χ2n) is 4.74. The van der Waals surface area contributed by atoms with E-state index in [2.05, 4.69) is 10.3 Å². The molecule has 3 rings (SSSR count). The Balaban J connectivity index is 1.93. The molecule has 0 radical (unpaired) electrons. The summed E-state index contributed by atoms with van der Waals surface area (Å²) in [6, 6.07) is 4.97. The van der Waals surface area contributed by atoms with Gasteiger partial charge in [0.1, 0.15) is 0 Å².